The molecule has 0 spiro atoms. The van der Waals surface area contributed by atoms with Gasteiger partial charge in [0.15, 0.2) is 0 Å². The fraction of sp³-hybridized carbons (Fsp3) is 0.667. The van der Waals surface area contributed by atoms with Crippen LogP contribution < -0.4 is 5.32 Å². The first-order chi connectivity index (χ1) is 9.70. The van der Waals surface area contributed by atoms with E-state index >= 15 is 0 Å². The van der Waals surface area contributed by atoms with Gasteiger partial charge in [-0.05, 0) is 30.9 Å². The average Bonchev–Trinajstić information content (AvgIpc) is 2.46. The highest BCUT2D eigenvalue weighted by Crippen LogP contribution is 2.25. The van der Waals surface area contributed by atoms with Crippen molar-refractivity contribution in [2.75, 3.05) is 19.6 Å². The molecule has 1 aromatic rings. The Balaban J connectivity index is 2.04. The van der Waals surface area contributed by atoms with Crippen LogP contribution in [0.15, 0.2) is 30.3 Å². The zero-order valence-electron chi connectivity index (χ0n) is 13.3. The summed E-state index contributed by atoms with van der Waals surface area (Å²) in [5.74, 6) is 0.783. The summed E-state index contributed by atoms with van der Waals surface area (Å²) in [6.45, 7) is 10.4. The summed E-state index contributed by atoms with van der Waals surface area (Å²) in [7, 11) is 0. The van der Waals surface area contributed by atoms with Crippen molar-refractivity contribution in [1.82, 2.24) is 10.2 Å². The highest BCUT2D eigenvalue weighted by atomic mass is 15.2. The van der Waals surface area contributed by atoms with Gasteiger partial charge in [0, 0.05) is 25.2 Å². The van der Waals surface area contributed by atoms with Gasteiger partial charge in [0.05, 0.1) is 0 Å². The molecule has 0 amide bonds. The molecule has 2 nitrogen and oxygen atoms in total. The Hall–Kier alpha value is -0.860. The van der Waals surface area contributed by atoms with E-state index in [1.807, 2.05) is 0 Å². The van der Waals surface area contributed by atoms with Crippen molar-refractivity contribution in [2.24, 2.45) is 5.92 Å². The molecule has 0 aromatic heterocycles. The Morgan fingerprint density at radius 2 is 2.00 bits per heavy atom. The van der Waals surface area contributed by atoms with Crippen molar-refractivity contribution in [3.63, 3.8) is 0 Å². The minimum absolute atomic E-state index is 0.544. The minimum Gasteiger partial charge on any atom is -0.311 e. The van der Waals surface area contributed by atoms with Crippen LogP contribution >= 0.6 is 0 Å². The monoisotopic (exact) mass is 274 g/mol. The molecule has 1 aliphatic heterocycles. The lowest BCUT2D eigenvalue weighted by Crippen LogP contribution is -2.52. The summed E-state index contributed by atoms with van der Waals surface area (Å²) in [5, 5.41) is 3.74. The van der Waals surface area contributed by atoms with E-state index < -0.39 is 0 Å². The molecule has 2 rings (SSSR count). The lowest BCUT2D eigenvalue weighted by molar-refractivity contribution is 0.120. The largest absolute Gasteiger partial charge is 0.311 e. The van der Waals surface area contributed by atoms with Gasteiger partial charge >= 0.3 is 0 Å². The third kappa shape index (κ3) is 4.32. The predicted molar refractivity (Wildman–Crippen MR) is 86.9 cm³/mol. The second-order valence-electron chi connectivity index (χ2n) is 6.50. The Kier molecular flexibility index (Phi) is 6.06. The highest BCUT2D eigenvalue weighted by Gasteiger charge is 2.28. The first-order valence-corrected chi connectivity index (χ1v) is 8.23. The van der Waals surface area contributed by atoms with Crippen molar-refractivity contribution < 1.29 is 0 Å². The van der Waals surface area contributed by atoms with Crippen molar-refractivity contribution in [1.29, 1.82) is 0 Å². The molecule has 0 bridgehead atoms. The Morgan fingerprint density at radius 1 is 1.25 bits per heavy atom. The zero-order valence-corrected chi connectivity index (χ0v) is 13.3. The van der Waals surface area contributed by atoms with E-state index in [0.717, 1.165) is 12.5 Å². The van der Waals surface area contributed by atoms with Gasteiger partial charge < -0.3 is 5.32 Å². The predicted octanol–water partition coefficient (Wildman–Crippen LogP) is 3.85. The van der Waals surface area contributed by atoms with E-state index in [2.05, 4.69) is 61.3 Å². The molecule has 1 aromatic carbocycles. The number of rotatable bonds is 6. The maximum Gasteiger partial charge on any atom is 0.0473 e. The maximum atomic E-state index is 3.74. The lowest BCUT2D eigenvalue weighted by atomic mass is 9.98. The van der Waals surface area contributed by atoms with Crippen LogP contribution in [-0.2, 0) is 0 Å². The van der Waals surface area contributed by atoms with Crippen LogP contribution in [0.25, 0.3) is 0 Å². The smallest absolute Gasteiger partial charge is 0.0473 e. The van der Waals surface area contributed by atoms with Crippen LogP contribution in [0.5, 0.6) is 0 Å². The van der Waals surface area contributed by atoms with Gasteiger partial charge in [-0.3, -0.25) is 4.90 Å². The van der Waals surface area contributed by atoms with E-state index in [0.29, 0.717) is 12.1 Å². The third-order valence-corrected chi connectivity index (χ3v) is 4.31. The number of hydrogen-bond donors (Lipinski definition) is 1. The molecule has 20 heavy (non-hydrogen) atoms. The number of benzene rings is 1. The van der Waals surface area contributed by atoms with Gasteiger partial charge in [0.2, 0.25) is 0 Å². The van der Waals surface area contributed by atoms with E-state index in [9.17, 15) is 0 Å². The molecule has 1 heterocycles. The summed E-state index contributed by atoms with van der Waals surface area (Å²) in [6.07, 6.45) is 3.85. The van der Waals surface area contributed by atoms with Crippen molar-refractivity contribution >= 4 is 0 Å². The Bertz CT molecular complexity index is 374. The quantitative estimate of drug-likeness (QED) is 0.847. The van der Waals surface area contributed by atoms with Crippen LogP contribution in [0.3, 0.4) is 0 Å². The number of nitrogens with one attached hydrogen (secondary N) is 1. The van der Waals surface area contributed by atoms with Crippen LogP contribution in [-0.4, -0.2) is 30.6 Å². The number of nitrogens with zero attached hydrogens (tertiary/aromatic N) is 1. The zero-order chi connectivity index (χ0) is 14.4. The van der Waals surface area contributed by atoms with Crippen LogP contribution in [0.2, 0.25) is 0 Å². The average molecular weight is 274 g/mol. The summed E-state index contributed by atoms with van der Waals surface area (Å²) in [5.41, 5.74) is 1.46. The molecule has 1 fully saturated rings. The summed E-state index contributed by atoms with van der Waals surface area (Å²) < 4.78 is 0. The van der Waals surface area contributed by atoms with Gasteiger partial charge in [0.25, 0.3) is 0 Å². The molecule has 112 valence electrons. The summed E-state index contributed by atoms with van der Waals surface area (Å²) in [4.78, 5) is 2.70. The third-order valence-electron chi connectivity index (χ3n) is 4.31. The van der Waals surface area contributed by atoms with Crippen molar-refractivity contribution in [3.8, 4) is 0 Å². The highest BCUT2D eigenvalue weighted by molar-refractivity contribution is 5.20. The van der Waals surface area contributed by atoms with Gasteiger partial charge in [-0.15, -0.1) is 0 Å². The van der Waals surface area contributed by atoms with Crippen molar-refractivity contribution in [3.05, 3.63) is 35.9 Å². The van der Waals surface area contributed by atoms with Crippen LogP contribution in [0.4, 0.5) is 0 Å². The first kappa shape index (κ1) is 15.5. The summed E-state index contributed by atoms with van der Waals surface area (Å²) in [6, 6.07) is 12.2. The van der Waals surface area contributed by atoms with Gasteiger partial charge in [-0.2, -0.15) is 0 Å². The second kappa shape index (κ2) is 7.80. The standard InChI is InChI=1S/C18H30N2/c1-4-8-17-14-20(12-11-15(2)3)18(13-19-17)16-9-6-5-7-10-16/h5-7,9-10,15,17-19H,4,8,11-14H2,1-3H3. The lowest BCUT2D eigenvalue weighted by Gasteiger charge is -2.41. The number of piperazine rings is 1. The Labute approximate surface area is 124 Å². The molecule has 2 unspecified atom stereocenters. The molecule has 0 radical (unpaired) electrons. The second-order valence-corrected chi connectivity index (χ2v) is 6.50. The van der Waals surface area contributed by atoms with E-state index in [1.165, 1.54) is 37.9 Å². The van der Waals surface area contributed by atoms with Gasteiger partial charge in [-0.1, -0.05) is 57.5 Å². The van der Waals surface area contributed by atoms with E-state index in [4.69, 9.17) is 0 Å². The molecular formula is C18H30N2. The maximum absolute atomic E-state index is 3.74. The molecular weight excluding hydrogens is 244 g/mol. The number of hydrogen-bond acceptors (Lipinski definition) is 2. The van der Waals surface area contributed by atoms with E-state index in [-0.39, 0.29) is 0 Å². The molecule has 2 atom stereocenters. The molecule has 0 aliphatic carbocycles. The molecule has 2 heteroatoms. The molecule has 0 saturated carbocycles. The molecule has 1 aliphatic rings. The fourth-order valence-corrected chi connectivity index (χ4v) is 3.10. The SMILES string of the molecule is CCCC1CN(CCC(C)C)C(c2ccccc2)CN1. The summed E-state index contributed by atoms with van der Waals surface area (Å²) >= 11 is 0. The van der Waals surface area contributed by atoms with Crippen molar-refractivity contribution in [2.45, 2.75) is 52.1 Å². The van der Waals surface area contributed by atoms with Gasteiger partial charge in [0.1, 0.15) is 0 Å². The first-order valence-electron chi connectivity index (χ1n) is 8.23. The Morgan fingerprint density at radius 3 is 2.65 bits per heavy atom. The van der Waals surface area contributed by atoms with E-state index in [1.54, 1.807) is 0 Å². The molecule has 1 saturated heterocycles. The fourth-order valence-electron chi connectivity index (χ4n) is 3.10. The topological polar surface area (TPSA) is 15.3 Å². The minimum atomic E-state index is 0.544. The normalized spacial score (nSPS) is 24.2. The van der Waals surface area contributed by atoms with Crippen LogP contribution in [0.1, 0.15) is 51.6 Å². The van der Waals surface area contributed by atoms with Gasteiger partial charge in [-0.25, -0.2) is 0 Å². The van der Waals surface area contributed by atoms with Crippen LogP contribution in [0, 0.1) is 5.92 Å². The molecule has 1 N–H and O–H groups in total.